The molecule has 3 heterocycles. The summed E-state index contributed by atoms with van der Waals surface area (Å²) in [5.74, 6) is 0.869. The van der Waals surface area contributed by atoms with Crippen LogP contribution in [0.25, 0.3) is 0 Å². The van der Waals surface area contributed by atoms with Crippen molar-refractivity contribution in [1.29, 1.82) is 0 Å². The predicted molar refractivity (Wildman–Crippen MR) is 71.2 cm³/mol. The van der Waals surface area contributed by atoms with Gasteiger partial charge in [-0.05, 0) is 19.8 Å². The van der Waals surface area contributed by atoms with E-state index in [1.54, 1.807) is 6.20 Å². The Morgan fingerprint density at radius 3 is 2.95 bits per heavy atom. The Bertz CT molecular complexity index is 488. The van der Waals surface area contributed by atoms with Crippen LogP contribution in [0.4, 0.5) is 0 Å². The SMILES string of the molecule is Cc1nccn1C1C2OCC(O2)C(NC2CCC2)C1O. The standard InChI is InChI=1S/C14H21N3O3/c1-8-15-5-6-17(8)12-13(18)11(16-9-3-2-4-9)10-7-19-14(12)20-10/h5-6,9-14,16,18H,2-4,7H2,1H3. The van der Waals surface area contributed by atoms with Crippen LogP contribution in [0.1, 0.15) is 31.1 Å². The number of fused-ring (bicyclic) bond motifs is 2. The van der Waals surface area contributed by atoms with Crippen molar-refractivity contribution in [2.75, 3.05) is 6.61 Å². The number of hydrogen-bond donors (Lipinski definition) is 2. The summed E-state index contributed by atoms with van der Waals surface area (Å²) < 4.78 is 13.6. The molecule has 2 bridgehead atoms. The molecular formula is C14H21N3O3. The molecule has 6 nitrogen and oxygen atoms in total. The Kier molecular flexibility index (Phi) is 3.07. The maximum atomic E-state index is 10.8. The molecule has 2 aliphatic heterocycles. The topological polar surface area (TPSA) is 68.5 Å². The number of nitrogens with zero attached hydrogens (tertiary/aromatic N) is 2. The summed E-state index contributed by atoms with van der Waals surface area (Å²) >= 11 is 0. The zero-order valence-corrected chi connectivity index (χ0v) is 11.6. The minimum Gasteiger partial charge on any atom is -0.389 e. The highest BCUT2D eigenvalue weighted by atomic mass is 16.7. The molecule has 0 amide bonds. The van der Waals surface area contributed by atoms with Gasteiger partial charge in [0, 0.05) is 18.4 Å². The number of aromatic nitrogens is 2. The summed E-state index contributed by atoms with van der Waals surface area (Å²) in [7, 11) is 0. The fraction of sp³-hybridized carbons (Fsp3) is 0.786. The van der Waals surface area contributed by atoms with E-state index in [9.17, 15) is 5.11 Å². The average Bonchev–Trinajstić information content (AvgIpc) is 2.97. The van der Waals surface area contributed by atoms with Crippen molar-refractivity contribution in [2.45, 2.75) is 62.8 Å². The molecule has 0 aromatic carbocycles. The molecule has 2 N–H and O–H groups in total. The molecule has 5 unspecified atom stereocenters. The number of rotatable bonds is 3. The second-order valence-electron chi connectivity index (χ2n) is 6.06. The van der Waals surface area contributed by atoms with Gasteiger partial charge in [0.05, 0.1) is 18.8 Å². The molecule has 1 saturated carbocycles. The van der Waals surface area contributed by atoms with Crippen LogP contribution in [0.15, 0.2) is 12.4 Å². The minimum absolute atomic E-state index is 0.0457. The lowest BCUT2D eigenvalue weighted by atomic mass is 9.89. The molecule has 3 fully saturated rings. The van der Waals surface area contributed by atoms with Crippen molar-refractivity contribution in [3.8, 4) is 0 Å². The van der Waals surface area contributed by atoms with Crippen molar-refractivity contribution in [3.05, 3.63) is 18.2 Å². The van der Waals surface area contributed by atoms with Gasteiger partial charge in [0.1, 0.15) is 18.0 Å². The van der Waals surface area contributed by atoms with Gasteiger partial charge in [-0.15, -0.1) is 0 Å². The van der Waals surface area contributed by atoms with E-state index in [2.05, 4.69) is 10.3 Å². The first-order valence-electron chi connectivity index (χ1n) is 7.44. The Morgan fingerprint density at radius 1 is 1.45 bits per heavy atom. The van der Waals surface area contributed by atoms with Gasteiger partial charge >= 0.3 is 0 Å². The molecule has 1 aliphatic carbocycles. The van der Waals surface area contributed by atoms with E-state index in [0.717, 1.165) is 5.82 Å². The zero-order valence-electron chi connectivity index (χ0n) is 11.6. The molecule has 3 aliphatic rings. The van der Waals surface area contributed by atoms with Crippen LogP contribution in [0, 0.1) is 6.92 Å². The van der Waals surface area contributed by atoms with E-state index in [1.165, 1.54) is 19.3 Å². The zero-order chi connectivity index (χ0) is 13.7. The fourth-order valence-corrected chi connectivity index (χ4v) is 3.45. The van der Waals surface area contributed by atoms with Crippen LogP contribution in [0.3, 0.4) is 0 Å². The van der Waals surface area contributed by atoms with E-state index < -0.39 is 6.10 Å². The van der Waals surface area contributed by atoms with E-state index in [-0.39, 0.29) is 24.5 Å². The van der Waals surface area contributed by atoms with Crippen molar-refractivity contribution in [3.63, 3.8) is 0 Å². The molecule has 2 saturated heterocycles. The lowest BCUT2D eigenvalue weighted by molar-refractivity contribution is -0.167. The molecule has 0 radical (unpaired) electrons. The van der Waals surface area contributed by atoms with E-state index in [0.29, 0.717) is 12.6 Å². The summed E-state index contributed by atoms with van der Waals surface area (Å²) in [4.78, 5) is 4.24. The highest BCUT2D eigenvalue weighted by Crippen LogP contribution is 2.37. The van der Waals surface area contributed by atoms with Crippen molar-refractivity contribution < 1.29 is 14.6 Å². The highest BCUT2D eigenvalue weighted by Gasteiger charge is 2.51. The van der Waals surface area contributed by atoms with Crippen LogP contribution in [0.5, 0.6) is 0 Å². The summed E-state index contributed by atoms with van der Waals surface area (Å²) in [5.41, 5.74) is 0. The Morgan fingerprint density at radius 2 is 2.30 bits per heavy atom. The second-order valence-corrected chi connectivity index (χ2v) is 6.06. The number of aliphatic hydroxyl groups is 1. The number of nitrogens with one attached hydrogen (secondary N) is 1. The summed E-state index contributed by atoms with van der Waals surface area (Å²) in [6.45, 7) is 2.48. The second kappa shape index (κ2) is 4.80. The summed E-state index contributed by atoms with van der Waals surface area (Å²) in [5, 5.41) is 14.4. The Hall–Kier alpha value is -0.950. The normalized spacial score (nSPS) is 40.8. The van der Waals surface area contributed by atoms with Gasteiger partial charge in [0.15, 0.2) is 6.29 Å². The monoisotopic (exact) mass is 279 g/mol. The summed E-state index contributed by atoms with van der Waals surface area (Å²) in [6, 6.07) is 0.222. The Balaban J connectivity index is 1.60. The molecule has 1 aromatic rings. The van der Waals surface area contributed by atoms with Gasteiger partial charge in [-0.3, -0.25) is 0 Å². The largest absolute Gasteiger partial charge is 0.389 e. The maximum Gasteiger partial charge on any atom is 0.181 e. The number of hydrogen-bond acceptors (Lipinski definition) is 5. The number of aryl methyl sites for hydroxylation is 1. The van der Waals surface area contributed by atoms with Gasteiger partial charge in [-0.2, -0.15) is 0 Å². The van der Waals surface area contributed by atoms with Crippen LogP contribution in [-0.2, 0) is 9.47 Å². The van der Waals surface area contributed by atoms with E-state index in [1.807, 2.05) is 17.7 Å². The lowest BCUT2D eigenvalue weighted by Crippen LogP contribution is -2.60. The quantitative estimate of drug-likeness (QED) is 0.836. The first kappa shape index (κ1) is 12.8. The molecule has 4 rings (SSSR count). The first-order valence-corrected chi connectivity index (χ1v) is 7.44. The number of aliphatic hydroxyl groups excluding tert-OH is 1. The van der Waals surface area contributed by atoms with E-state index in [4.69, 9.17) is 9.47 Å². The maximum absolute atomic E-state index is 10.8. The molecule has 5 atom stereocenters. The molecule has 6 heteroatoms. The third kappa shape index (κ3) is 1.90. The smallest absolute Gasteiger partial charge is 0.181 e. The van der Waals surface area contributed by atoms with Gasteiger partial charge in [0.2, 0.25) is 0 Å². The van der Waals surface area contributed by atoms with Gasteiger partial charge in [-0.1, -0.05) is 6.42 Å². The van der Waals surface area contributed by atoms with Crippen LogP contribution in [-0.4, -0.2) is 51.8 Å². The van der Waals surface area contributed by atoms with E-state index >= 15 is 0 Å². The molecule has 20 heavy (non-hydrogen) atoms. The van der Waals surface area contributed by atoms with Gasteiger partial charge in [0.25, 0.3) is 0 Å². The third-order valence-corrected chi connectivity index (χ3v) is 4.85. The van der Waals surface area contributed by atoms with Crippen molar-refractivity contribution in [1.82, 2.24) is 14.9 Å². The molecular weight excluding hydrogens is 258 g/mol. The van der Waals surface area contributed by atoms with Crippen LogP contribution >= 0.6 is 0 Å². The number of ether oxygens (including phenoxy) is 2. The lowest BCUT2D eigenvalue weighted by Gasteiger charge is -2.42. The summed E-state index contributed by atoms with van der Waals surface area (Å²) in [6.07, 6.45) is 6.35. The minimum atomic E-state index is -0.519. The van der Waals surface area contributed by atoms with Crippen molar-refractivity contribution in [2.24, 2.45) is 0 Å². The first-order chi connectivity index (χ1) is 9.74. The molecule has 0 spiro atoms. The number of imidazole rings is 1. The van der Waals surface area contributed by atoms with Crippen LogP contribution < -0.4 is 5.32 Å². The van der Waals surface area contributed by atoms with Crippen molar-refractivity contribution >= 4 is 0 Å². The Labute approximate surface area is 118 Å². The third-order valence-electron chi connectivity index (χ3n) is 4.85. The highest BCUT2D eigenvalue weighted by molar-refractivity contribution is 5.05. The fourth-order valence-electron chi connectivity index (χ4n) is 3.45. The molecule has 1 aromatic heterocycles. The average molecular weight is 279 g/mol. The van der Waals surface area contributed by atoms with Gasteiger partial charge < -0.3 is 24.5 Å². The molecule has 110 valence electrons. The van der Waals surface area contributed by atoms with Crippen LogP contribution in [0.2, 0.25) is 0 Å². The van der Waals surface area contributed by atoms with Gasteiger partial charge in [-0.25, -0.2) is 4.98 Å². The predicted octanol–water partition coefficient (Wildman–Crippen LogP) is 0.359.